The van der Waals surface area contributed by atoms with Crippen molar-refractivity contribution in [1.82, 2.24) is 4.52 Å². The second kappa shape index (κ2) is 6.44. The van der Waals surface area contributed by atoms with E-state index >= 15 is 0 Å². The molecule has 3 heterocycles. The first kappa shape index (κ1) is 19.4. The molecule has 0 atom stereocenters. The number of pyridine rings is 1. The van der Waals surface area contributed by atoms with Crippen LogP contribution in [0, 0.1) is 0 Å². The third kappa shape index (κ3) is 2.46. The molecule has 0 saturated heterocycles. The van der Waals surface area contributed by atoms with Crippen LogP contribution in [-0.2, 0) is 17.4 Å². The summed E-state index contributed by atoms with van der Waals surface area (Å²) >= 11 is 0. The van der Waals surface area contributed by atoms with Crippen LogP contribution in [0.25, 0.3) is 33.3 Å². The van der Waals surface area contributed by atoms with Gasteiger partial charge in [0.05, 0.1) is 17.0 Å². The molecule has 0 unspecified atom stereocenters. The lowest BCUT2D eigenvalue weighted by Gasteiger charge is -2.31. The van der Waals surface area contributed by atoms with Crippen molar-refractivity contribution in [2.45, 2.75) is 71.3 Å². The Hall–Kier alpha value is -2.61. The predicted molar refractivity (Wildman–Crippen MR) is 128 cm³/mol. The van der Waals surface area contributed by atoms with E-state index in [0.29, 0.717) is 0 Å². The Morgan fingerprint density at radius 2 is 1.87 bits per heavy atom. The average Bonchev–Trinajstić information content (AvgIpc) is 2.99. The van der Waals surface area contributed by atoms with Gasteiger partial charge in [0, 0.05) is 11.8 Å². The smallest absolute Gasteiger partial charge is 0.127 e. The number of nitrogens with zero attached hydrogens (tertiary/aromatic N) is 2. The van der Waals surface area contributed by atoms with Gasteiger partial charge in [-0.15, -0.1) is 9.20 Å². The van der Waals surface area contributed by atoms with Crippen molar-refractivity contribution < 1.29 is 4.68 Å². The summed E-state index contributed by atoms with van der Waals surface area (Å²) in [5.41, 5.74) is 7.19. The molecule has 0 aliphatic carbocycles. The Morgan fingerprint density at radius 3 is 2.53 bits per heavy atom. The Morgan fingerprint density at radius 1 is 1.10 bits per heavy atom. The van der Waals surface area contributed by atoms with Crippen molar-refractivity contribution in [3.8, 4) is 0 Å². The largest absolute Gasteiger partial charge is 0.248 e. The van der Waals surface area contributed by atoms with E-state index in [4.69, 9.17) is 0 Å². The molecule has 4 aromatic rings. The molecule has 5 rings (SSSR count). The summed E-state index contributed by atoms with van der Waals surface area (Å²) in [7, 11) is 0. The minimum absolute atomic E-state index is 0.0625. The first-order chi connectivity index (χ1) is 14.3. The molecule has 154 valence electrons. The minimum Gasteiger partial charge on any atom is -0.127 e. The quantitative estimate of drug-likeness (QED) is 0.331. The third-order valence-corrected chi connectivity index (χ3v) is 7.62. The van der Waals surface area contributed by atoms with Crippen LogP contribution in [0.1, 0.15) is 70.6 Å². The highest BCUT2D eigenvalue weighted by Gasteiger charge is 2.39. The van der Waals surface area contributed by atoms with Crippen molar-refractivity contribution in [2.75, 3.05) is 0 Å². The minimum atomic E-state index is 0.0625. The van der Waals surface area contributed by atoms with Gasteiger partial charge < -0.3 is 0 Å². The zero-order valence-electron chi connectivity index (χ0n) is 19.0. The van der Waals surface area contributed by atoms with Crippen LogP contribution in [0.2, 0.25) is 0 Å². The molecule has 2 heteroatoms. The lowest BCUT2D eigenvalue weighted by molar-refractivity contribution is -0.737. The second-order valence-corrected chi connectivity index (χ2v) is 10.1. The van der Waals surface area contributed by atoms with Gasteiger partial charge in [-0.3, -0.25) is 0 Å². The molecule has 0 amide bonds. The van der Waals surface area contributed by atoms with E-state index in [0.717, 1.165) is 25.8 Å². The maximum atomic E-state index is 4.11. The topological polar surface area (TPSA) is 8.29 Å². The van der Waals surface area contributed by atoms with Gasteiger partial charge in [-0.25, -0.2) is 0 Å². The van der Waals surface area contributed by atoms with Gasteiger partial charge in [0.2, 0.25) is 5.52 Å². The number of fused-ring (bicyclic) bond motifs is 3. The maximum Gasteiger partial charge on any atom is 0.248 e. The van der Waals surface area contributed by atoms with Crippen LogP contribution < -0.4 is 4.68 Å². The van der Waals surface area contributed by atoms with Gasteiger partial charge in [0.25, 0.3) is 0 Å². The summed E-state index contributed by atoms with van der Waals surface area (Å²) in [5, 5.41) is 4.23. The first-order valence-corrected chi connectivity index (χ1v) is 11.4. The van der Waals surface area contributed by atoms with E-state index in [-0.39, 0.29) is 10.8 Å². The molecule has 0 spiro atoms. The highest BCUT2D eigenvalue weighted by molar-refractivity contribution is 6.13. The molecule has 2 aromatic carbocycles. The number of rotatable bonds is 3. The summed E-state index contributed by atoms with van der Waals surface area (Å²) in [4.78, 5) is 0. The Bertz CT molecular complexity index is 1310. The molecule has 1 aliphatic heterocycles. The van der Waals surface area contributed by atoms with Crippen molar-refractivity contribution in [3.05, 3.63) is 65.9 Å². The van der Waals surface area contributed by atoms with Crippen molar-refractivity contribution in [3.63, 3.8) is 0 Å². The second-order valence-electron chi connectivity index (χ2n) is 10.1. The van der Waals surface area contributed by atoms with E-state index in [1.165, 1.54) is 43.9 Å². The Labute approximate surface area is 179 Å². The summed E-state index contributed by atoms with van der Waals surface area (Å²) in [6.45, 7) is 16.9. The van der Waals surface area contributed by atoms with Crippen LogP contribution >= 0.6 is 0 Å². The molecule has 0 N–H and O–H groups in total. The molecule has 1 aliphatic rings. The van der Waals surface area contributed by atoms with E-state index in [2.05, 4.69) is 93.0 Å². The summed E-state index contributed by atoms with van der Waals surface area (Å²) in [6, 6.07) is 13.8. The summed E-state index contributed by atoms with van der Waals surface area (Å²) in [5.74, 6) is 0. The van der Waals surface area contributed by atoms with Crippen LogP contribution in [0.3, 0.4) is 0 Å². The predicted octanol–water partition coefficient (Wildman–Crippen LogP) is 6.94. The highest BCUT2D eigenvalue weighted by Crippen LogP contribution is 2.46. The molecule has 0 fully saturated rings. The molecule has 30 heavy (non-hydrogen) atoms. The third-order valence-electron chi connectivity index (χ3n) is 7.62. The molecular formula is C28H33N2+. The monoisotopic (exact) mass is 397 g/mol. The van der Waals surface area contributed by atoms with E-state index in [9.17, 15) is 0 Å². The van der Waals surface area contributed by atoms with Crippen molar-refractivity contribution in [1.29, 1.82) is 0 Å². The fraction of sp³-hybridized carbons (Fsp3) is 0.393. The zero-order chi connectivity index (χ0) is 21.3. The Balaban J connectivity index is 2.12. The van der Waals surface area contributed by atoms with E-state index in [1.807, 2.05) is 6.08 Å². The van der Waals surface area contributed by atoms with Gasteiger partial charge in [0.1, 0.15) is 5.52 Å². The molecule has 2 aromatic heterocycles. The molecule has 0 radical (unpaired) electrons. The van der Waals surface area contributed by atoms with E-state index in [1.54, 1.807) is 0 Å². The zero-order valence-corrected chi connectivity index (χ0v) is 19.0. The van der Waals surface area contributed by atoms with Crippen molar-refractivity contribution >= 4 is 33.3 Å². The summed E-state index contributed by atoms with van der Waals surface area (Å²) in [6.07, 6.45) is 7.73. The first-order valence-electron chi connectivity index (χ1n) is 11.4. The Kier molecular flexibility index (Phi) is 4.16. The van der Waals surface area contributed by atoms with E-state index < -0.39 is 0 Å². The SMILES string of the molecule is C=Cc1cc2c3c(c1)cc(C(C)(C)C)c1c4ccccn4[n+](c31)CCC2(CC)CC. The number of hydrogen-bond acceptors (Lipinski definition) is 0. The lowest BCUT2D eigenvalue weighted by Crippen LogP contribution is -2.41. The average molecular weight is 398 g/mol. The fourth-order valence-corrected chi connectivity index (χ4v) is 5.80. The number of aryl methyl sites for hydroxylation is 1. The van der Waals surface area contributed by atoms with Crippen molar-refractivity contribution in [2.24, 2.45) is 0 Å². The van der Waals surface area contributed by atoms with Crippen LogP contribution in [-0.4, -0.2) is 4.52 Å². The van der Waals surface area contributed by atoms with Gasteiger partial charge >= 0.3 is 0 Å². The molecule has 0 bridgehead atoms. The van der Waals surface area contributed by atoms with Gasteiger partial charge in [-0.05, 0) is 64.6 Å². The van der Waals surface area contributed by atoms with Gasteiger partial charge in [-0.1, -0.05) is 59.4 Å². The number of aromatic nitrogens is 2. The number of hydrogen-bond donors (Lipinski definition) is 0. The molecule has 0 saturated carbocycles. The van der Waals surface area contributed by atoms with Crippen LogP contribution in [0.4, 0.5) is 0 Å². The standard InChI is InChI=1S/C28H33N2/c1-7-19-16-20-18-21(27(4,5)6)25-23-12-10-11-14-29(23)30-15-13-28(8-2,9-3)22(17-19)24(20)26(25)30/h7,10-12,14,16-18H,1,8-9,13,15H2,2-6H3/q+1. The highest BCUT2D eigenvalue weighted by atomic mass is 15.4. The molecule has 2 nitrogen and oxygen atoms in total. The fourth-order valence-electron chi connectivity index (χ4n) is 5.80. The lowest BCUT2D eigenvalue weighted by atomic mass is 9.71. The normalized spacial score (nSPS) is 15.9. The summed E-state index contributed by atoms with van der Waals surface area (Å²) < 4.78 is 4.94. The van der Waals surface area contributed by atoms with Gasteiger partial charge in [-0.2, -0.15) is 0 Å². The van der Waals surface area contributed by atoms with Crippen LogP contribution in [0.15, 0.2) is 49.2 Å². The molecular weight excluding hydrogens is 364 g/mol. The maximum absolute atomic E-state index is 4.11. The van der Waals surface area contributed by atoms with Gasteiger partial charge in [0.15, 0.2) is 6.54 Å². The number of benzene rings is 2. The van der Waals surface area contributed by atoms with Crippen LogP contribution in [0.5, 0.6) is 0 Å².